The third-order valence-electron chi connectivity index (χ3n) is 4.23. The van der Waals surface area contributed by atoms with Gasteiger partial charge in [0, 0.05) is 11.5 Å². The molecule has 96 valence electrons. The Balaban J connectivity index is 1.87. The van der Waals surface area contributed by atoms with E-state index >= 15 is 0 Å². The molecule has 0 spiro atoms. The molecule has 2 aliphatic rings. The third kappa shape index (κ3) is 1.85. The van der Waals surface area contributed by atoms with E-state index in [9.17, 15) is 13.6 Å². The van der Waals surface area contributed by atoms with Gasteiger partial charge < -0.3 is 0 Å². The summed E-state index contributed by atoms with van der Waals surface area (Å²) in [5, 5.41) is 0.0162. The molecule has 2 atom stereocenters. The minimum atomic E-state index is -1.01. The predicted molar refractivity (Wildman–Crippen MR) is 64.6 cm³/mol. The Morgan fingerprint density at radius 3 is 2.28 bits per heavy atom. The third-order valence-corrected chi connectivity index (χ3v) is 4.55. The Hall–Kier alpha value is -0.960. The second kappa shape index (κ2) is 4.30. The van der Waals surface area contributed by atoms with E-state index in [1.54, 1.807) is 0 Å². The maximum absolute atomic E-state index is 13.2. The van der Waals surface area contributed by atoms with Crippen LogP contribution in [0.5, 0.6) is 0 Å². The van der Waals surface area contributed by atoms with Gasteiger partial charge >= 0.3 is 0 Å². The van der Waals surface area contributed by atoms with Crippen molar-refractivity contribution in [3.63, 3.8) is 0 Å². The van der Waals surface area contributed by atoms with E-state index in [0.29, 0.717) is 11.8 Å². The highest BCUT2D eigenvalue weighted by Gasteiger charge is 2.54. The first kappa shape index (κ1) is 12.1. The lowest BCUT2D eigenvalue weighted by atomic mass is 10.0. The standard InChI is InChI=1S/C14H13ClF2O/c15-10-6-12(17)11(16)5-9(10)14(18)13-7-3-1-2-4-8(7)13/h5-8,13H,1-4H2. The van der Waals surface area contributed by atoms with E-state index in [1.165, 1.54) is 0 Å². The smallest absolute Gasteiger partial charge is 0.168 e. The molecule has 2 fully saturated rings. The molecule has 3 rings (SSSR count). The van der Waals surface area contributed by atoms with Crippen molar-refractivity contribution in [2.75, 3.05) is 0 Å². The number of ketones is 1. The van der Waals surface area contributed by atoms with Crippen molar-refractivity contribution in [3.8, 4) is 0 Å². The molecule has 0 saturated heterocycles. The van der Waals surface area contributed by atoms with Gasteiger partial charge in [-0.15, -0.1) is 0 Å². The van der Waals surface area contributed by atoms with Crippen LogP contribution in [-0.4, -0.2) is 5.78 Å². The van der Waals surface area contributed by atoms with Gasteiger partial charge in [-0.3, -0.25) is 4.79 Å². The quantitative estimate of drug-likeness (QED) is 0.580. The number of benzene rings is 1. The fourth-order valence-electron chi connectivity index (χ4n) is 3.27. The molecule has 2 aliphatic carbocycles. The lowest BCUT2D eigenvalue weighted by Gasteiger charge is -2.04. The van der Waals surface area contributed by atoms with E-state index in [0.717, 1.165) is 37.8 Å². The average molecular weight is 271 g/mol. The zero-order valence-corrected chi connectivity index (χ0v) is 10.5. The van der Waals surface area contributed by atoms with Gasteiger partial charge in [-0.25, -0.2) is 8.78 Å². The highest BCUT2D eigenvalue weighted by molar-refractivity contribution is 6.34. The van der Waals surface area contributed by atoms with Crippen molar-refractivity contribution in [3.05, 3.63) is 34.4 Å². The summed E-state index contributed by atoms with van der Waals surface area (Å²) < 4.78 is 26.2. The molecule has 2 saturated carbocycles. The van der Waals surface area contributed by atoms with Crippen LogP contribution in [0.15, 0.2) is 12.1 Å². The molecule has 0 aromatic heterocycles. The second-order valence-corrected chi connectivity index (χ2v) is 5.66. The van der Waals surface area contributed by atoms with Gasteiger partial charge in [-0.05, 0) is 36.8 Å². The first-order chi connectivity index (χ1) is 8.59. The largest absolute Gasteiger partial charge is 0.294 e. The van der Waals surface area contributed by atoms with Crippen LogP contribution in [0.3, 0.4) is 0 Å². The van der Waals surface area contributed by atoms with E-state index in [-0.39, 0.29) is 22.3 Å². The van der Waals surface area contributed by atoms with Crippen molar-refractivity contribution >= 4 is 17.4 Å². The molecule has 18 heavy (non-hydrogen) atoms. The lowest BCUT2D eigenvalue weighted by Crippen LogP contribution is -2.06. The van der Waals surface area contributed by atoms with Crippen LogP contribution in [0.2, 0.25) is 5.02 Å². The summed E-state index contributed by atoms with van der Waals surface area (Å²) in [4.78, 5) is 12.3. The number of halogens is 3. The number of hydrogen-bond donors (Lipinski definition) is 0. The van der Waals surface area contributed by atoms with Crippen molar-refractivity contribution in [1.29, 1.82) is 0 Å². The first-order valence-electron chi connectivity index (χ1n) is 6.28. The van der Waals surface area contributed by atoms with Crippen molar-refractivity contribution in [2.24, 2.45) is 17.8 Å². The Labute approximate surface area is 109 Å². The van der Waals surface area contributed by atoms with Gasteiger partial charge in [0.2, 0.25) is 0 Å². The minimum Gasteiger partial charge on any atom is -0.294 e. The molecule has 0 bridgehead atoms. The minimum absolute atomic E-state index is 0.0162. The summed E-state index contributed by atoms with van der Waals surface area (Å²) in [6.45, 7) is 0. The van der Waals surface area contributed by atoms with Gasteiger partial charge in [-0.2, -0.15) is 0 Å². The Morgan fingerprint density at radius 1 is 1.11 bits per heavy atom. The zero-order chi connectivity index (χ0) is 12.9. The fraction of sp³-hybridized carbons (Fsp3) is 0.500. The number of rotatable bonds is 2. The number of carbonyl (C=O) groups excluding carboxylic acids is 1. The van der Waals surface area contributed by atoms with E-state index in [2.05, 4.69) is 0 Å². The number of hydrogen-bond acceptors (Lipinski definition) is 1. The van der Waals surface area contributed by atoms with Gasteiger partial charge in [0.1, 0.15) is 0 Å². The predicted octanol–water partition coefficient (Wildman–Crippen LogP) is 4.24. The molecule has 1 nitrogen and oxygen atoms in total. The molecular weight excluding hydrogens is 258 g/mol. The molecule has 1 aromatic carbocycles. The van der Waals surface area contributed by atoms with Crippen LogP contribution in [0.1, 0.15) is 36.0 Å². The number of Topliss-reactive ketones (excluding diaryl/α,β-unsaturated/α-hetero) is 1. The molecule has 4 heteroatoms. The van der Waals surface area contributed by atoms with Gasteiger partial charge in [0.25, 0.3) is 0 Å². The average Bonchev–Trinajstić information content (AvgIpc) is 3.07. The zero-order valence-electron chi connectivity index (χ0n) is 9.76. The molecule has 0 radical (unpaired) electrons. The highest BCUT2D eigenvalue weighted by Crippen LogP contribution is 2.56. The molecular formula is C14H13ClF2O. The molecule has 0 N–H and O–H groups in total. The van der Waals surface area contributed by atoms with Crippen LogP contribution >= 0.6 is 11.6 Å². The van der Waals surface area contributed by atoms with Crippen LogP contribution in [0.4, 0.5) is 8.78 Å². The van der Waals surface area contributed by atoms with Crippen molar-refractivity contribution in [1.82, 2.24) is 0 Å². The monoisotopic (exact) mass is 270 g/mol. The van der Waals surface area contributed by atoms with Crippen molar-refractivity contribution in [2.45, 2.75) is 25.7 Å². The SMILES string of the molecule is O=C(c1cc(F)c(F)cc1Cl)C1C2CCCCC21. The van der Waals surface area contributed by atoms with Gasteiger partial charge in [-0.1, -0.05) is 24.4 Å². The maximum Gasteiger partial charge on any atom is 0.168 e. The Bertz CT molecular complexity index is 503. The summed E-state index contributed by atoms with van der Waals surface area (Å²) in [6.07, 6.45) is 4.47. The summed E-state index contributed by atoms with van der Waals surface area (Å²) in [5.74, 6) is -1.27. The molecule has 0 aliphatic heterocycles. The van der Waals surface area contributed by atoms with Crippen LogP contribution in [0.25, 0.3) is 0 Å². The molecule has 1 aromatic rings. The van der Waals surface area contributed by atoms with Crippen LogP contribution in [-0.2, 0) is 0 Å². The van der Waals surface area contributed by atoms with E-state index in [1.807, 2.05) is 0 Å². The van der Waals surface area contributed by atoms with Gasteiger partial charge in [0.05, 0.1) is 5.02 Å². The Morgan fingerprint density at radius 2 is 1.67 bits per heavy atom. The summed E-state index contributed by atoms with van der Waals surface area (Å²) in [7, 11) is 0. The number of fused-ring (bicyclic) bond motifs is 1. The molecule has 2 unspecified atom stereocenters. The highest BCUT2D eigenvalue weighted by atomic mass is 35.5. The van der Waals surface area contributed by atoms with Crippen molar-refractivity contribution < 1.29 is 13.6 Å². The van der Waals surface area contributed by atoms with Crippen LogP contribution < -0.4 is 0 Å². The first-order valence-corrected chi connectivity index (χ1v) is 6.66. The summed E-state index contributed by atoms with van der Waals surface area (Å²) in [6, 6.07) is 1.82. The Kier molecular flexibility index (Phi) is 2.89. The topological polar surface area (TPSA) is 17.1 Å². The maximum atomic E-state index is 13.2. The lowest BCUT2D eigenvalue weighted by molar-refractivity contribution is 0.0956. The number of carbonyl (C=O) groups is 1. The summed E-state index contributed by atoms with van der Waals surface area (Å²) >= 11 is 5.84. The second-order valence-electron chi connectivity index (χ2n) is 5.25. The summed E-state index contributed by atoms with van der Waals surface area (Å²) in [5.41, 5.74) is 0.134. The molecule has 0 amide bonds. The molecule has 0 heterocycles. The van der Waals surface area contributed by atoms with E-state index in [4.69, 9.17) is 11.6 Å². The van der Waals surface area contributed by atoms with E-state index < -0.39 is 11.6 Å². The normalized spacial score (nSPS) is 29.8. The van der Waals surface area contributed by atoms with Gasteiger partial charge in [0.15, 0.2) is 17.4 Å². The fourth-order valence-corrected chi connectivity index (χ4v) is 3.52. The van der Waals surface area contributed by atoms with Crippen LogP contribution in [0, 0.1) is 29.4 Å².